The van der Waals surface area contributed by atoms with Gasteiger partial charge in [0.25, 0.3) is 0 Å². The van der Waals surface area contributed by atoms with E-state index in [9.17, 15) is 9.65 Å². The van der Waals surface area contributed by atoms with Gasteiger partial charge in [-0.1, -0.05) is 12.1 Å². The summed E-state index contributed by atoms with van der Waals surface area (Å²) in [5, 5.41) is 14.6. The molecule has 7 rings (SSSR count). The minimum atomic E-state index is -0.545. The molecule has 0 saturated carbocycles. The van der Waals surface area contributed by atoms with Crippen LogP contribution in [0.2, 0.25) is 0 Å². The summed E-state index contributed by atoms with van der Waals surface area (Å²) in [5.41, 5.74) is 5.86. The number of hydrogen-bond donors (Lipinski definition) is 0. The highest BCUT2D eigenvalue weighted by molar-refractivity contribution is 6.00. The molecule has 190 valence electrons. The van der Waals surface area contributed by atoms with E-state index in [-0.39, 0.29) is 5.56 Å². The zero-order valence-corrected chi connectivity index (χ0v) is 21.5. The molecule has 8 heteroatoms. The lowest BCUT2D eigenvalue weighted by atomic mass is 9.91. The predicted octanol–water partition coefficient (Wildman–Crippen LogP) is 5.54. The first-order valence-electron chi connectivity index (χ1n) is 13.2. The van der Waals surface area contributed by atoms with Crippen molar-refractivity contribution in [3.63, 3.8) is 0 Å². The monoisotopic (exact) mass is 505 g/mol. The normalized spacial score (nSPS) is 21.4. The Balaban J connectivity index is 1.36. The number of aromatic nitrogens is 5. The molecular weight excluding hydrogens is 477 g/mol. The molecule has 5 heterocycles. The molecule has 2 bridgehead atoms. The van der Waals surface area contributed by atoms with Gasteiger partial charge in [0.15, 0.2) is 0 Å². The molecule has 0 N–H and O–H groups in total. The van der Waals surface area contributed by atoms with Crippen molar-refractivity contribution < 1.29 is 4.39 Å². The molecule has 2 unspecified atom stereocenters. The molecule has 38 heavy (non-hydrogen) atoms. The van der Waals surface area contributed by atoms with Gasteiger partial charge in [-0.05, 0) is 68.5 Å². The second kappa shape index (κ2) is 8.74. The molecule has 2 aliphatic heterocycles. The van der Waals surface area contributed by atoms with E-state index in [0.717, 1.165) is 45.3 Å². The molecule has 0 radical (unpaired) electrons. The van der Waals surface area contributed by atoms with Gasteiger partial charge in [-0.25, -0.2) is 9.37 Å². The summed E-state index contributed by atoms with van der Waals surface area (Å²) >= 11 is 0. The van der Waals surface area contributed by atoms with Crippen molar-refractivity contribution in [2.24, 2.45) is 13.0 Å². The number of fused-ring (bicyclic) bond motifs is 4. The van der Waals surface area contributed by atoms with Gasteiger partial charge in [0.1, 0.15) is 17.4 Å². The Kier molecular flexibility index (Phi) is 5.31. The molecule has 0 spiro atoms. The lowest BCUT2D eigenvalue weighted by Gasteiger charge is -2.36. The third-order valence-electron chi connectivity index (χ3n) is 8.72. The second-order valence-electron chi connectivity index (χ2n) is 10.8. The van der Waals surface area contributed by atoms with Gasteiger partial charge < -0.3 is 9.47 Å². The number of piperidine rings is 1. The molecule has 5 aromatic rings. The third-order valence-corrected chi connectivity index (χ3v) is 8.72. The lowest BCUT2D eigenvalue weighted by molar-refractivity contribution is 0.125. The van der Waals surface area contributed by atoms with E-state index in [1.807, 2.05) is 48.7 Å². The molecule has 2 atom stereocenters. The maximum atomic E-state index is 14.8. The molecule has 2 aliphatic rings. The van der Waals surface area contributed by atoms with Crippen molar-refractivity contribution in [3.05, 3.63) is 66.5 Å². The summed E-state index contributed by atoms with van der Waals surface area (Å²) in [6.07, 6.45) is 10.6. The van der Waals surface area contributed by atoms with Crippen LogP contribution in [-0.2, 0) is 13.6 Å². The number of imidazole rings is 1. The topological polar surface area (TPSA) is 75.6 Å². The highest BCUT2D eigenvalue weighted by Gasteiger charge is 2.38. The number of pyridine rings is 1. The van der Waals surface area contributed by atoms with Crippen LogP contribution in [0.1, 0.15) is 31.2 Å². The van der Waals surface area contributed by atoms with Gasteiger partial charge in [-0.2, -0.15) is 10.4 Å². The van der Waals surface area contributed by atoms with E-state index < -0.39 is 5.82 Å². The van der Waals surface area contributed by atoms with E-state index in [1.165, 1.54) is 37.8 Å². The summed E-state index contributed by atoms with van der Waals surface area (Å²) in [7, 11) is 4.18. The Morgan fingerprint density at radius 1 is 0.974 bits per heavy atom. The zero-order valence-electron chi connectivity index (χ0n) is 21.5. The van der Waals surface area contributed by atoms with Crippen molar-refractivity contribution in [1.29, 1.82) is 5.26 Å². The van der Waals surface area contributed by atoms with Gasteiger partial charge in [0, 0.05) is 42.2 Å². The number of hydrogen-bond acceptors (Lipinski definition) is 5. The molecule has 3 aromatic heterocycles. The maximum Gasteiger partial charge on any atom is 0.141 e. The summed E-state index contributed by atoms with van der Waals surface area (Å²) in [6, 6.07) is 14.1. The van der Waals surface area contributed by atoms with Crippen LogP contribution in [0.15, 0.2) is 55.1 Å². The maximum absolute atomic E-state index is 14.8. The third kappa shape index (κ3) is 3.61. The van der Waals surface area contributed by atoms with E-state index in [1.54, 1.807) is 6.07 Å². The number of halogens is 1. The average Bonchev–Trinajstić information content (AvgIpc) is 3.55. The molecule has 7 nitrogen and oxygen atoms in total. The Labute approximate surface area is 220 Å². The van der Waals surface area contributed by atoms with Gasteiger partial charge >= 0.3 is 0 Å². The smallest absolute Gasteiger partial charge is 0.141 e. The second-order valence-corrected chi connectivity index (χ2v) is 10.8. The van der Waals surface area contributed by atoms with Crippen molar-refractivity contribution in [1.82, 2.24) is 29.2 Å². The largest absolute Gasteiger partial charge is 0.329 e. The summed E-state index contributed by atoms with van der Waals surface area (Å²) in [6.45, 7) is 0.904. The van der Waals surface area contributed by atoms with E-state index in [4.69, 9.17) is 9.97 Å². The summed E-state index contributed by atoms with van der Waals surface area (Å²) in [5.74, 6) is 0.0569. The van der Waals surface area contributed by atoms with Gasteiger partial charge in [-0.15, -0.1) is 0 Å². The van der Waals surface area contributed by atoms with Gasteiger partial charge in [0.2, 0.25) is 0 Å². The highest BCUT2D eigenvalue weighted by Crippen LogP contribution is 2.40. The molecule has 0 aliphatic carbocycles. The number of nitriles is 1. The van der Waals surface area contributed by atoms with Gasteiger partial charge in [0.05, 0.1) is 41.0 Å². The van der Waals surface area contributed by atoms with Crippen molar-refractivity contribution in [2.45, 2.75) is 44.3 Å². The first-order valence-corrected chi connectivity index (χ1v) is 13.2. The molecule has 2 aromatic carbocycles. The number of aryl methyl sites for hydroxylation is 1. The van der Waals surface area contributed by atoms with Crippen molar-refractivity contribution >= 4 is 21.9 Å². The van der Waals surface area contributed by atoms with Crippen LogP contribution in [0.3, 0.4) is 0 Å². The predicted molar refractivity (Wildman–Crippen MR) is 145 cm³/mol. The van der Waals surface area contributed by atoms with Crippen LogP contribution in [-0.4, -0.2) is 48.3 Å². The minimum Gasteiger partial charge on any atom is -0.329 e. The van der Waals surface area contributed by atoms with E-state index in [2.05, 4.69) is 27.7 Å². The molecule has 0 amide bonds. The zero-order chi connectivity index (χ0) is 26.0. The van der Waals surface area contributed by atoms with E-state index in [0.29, 0.717) is 23.6 Å². The fraction of sp³-hybridized carbons (Fsp3) is 0.333. The Morgan fingerprint density at radius 2 is 1.76 bits per heavy atom. The van der Waals surface area contributed by atoms with Crippen LogP contribution < -0.4 is 0 Å². The van der Waals surface area contributed by atoms with Crippen LogP contribution in [0.5, 0.6) is 0 Å². The SMILES string of the molecule is CN1C2CCC1CC(Cn1cnc3c(-c4ccc(C#N)c(F)c4)c(-c4ccc5c(cnn5C)c4)ncc31)C2. The van der Waals surface area contributed by atoms with Crippen LogP contribution in [0, 0.1) is 23.1 Å². The van der Waals surface area contributed by atoms with Crippen LogP contribution >= 0.6 is 0 Å². The van der Waals surface area contributed by atoms with E-state index >= 15 is 0 Å². The Morgan fingerprint density at radius 3 is 2.53 bits per heavy atom. The highest BCUT2D eigenvalue weighted by atomic mass is 19.1. The molecule has 2 saturated heterocycles. The average molecular weight is 506 g/mol. The fourth-order valence-electron chi connectivity index (χ4n) is 6.68. The lowest BCUT2D eigenvalue weighted by Crippen LogP contribution is -2.40. The molecule has 2 fully saturated rings. The van der Waals surface area contributed by atoms with Gasteiger partial charge in [-0.3, -0.25) is 9.67 Å². The first-order chi connectivity index (χ1) is 18.5. The number of nitrogens with zero attached hydrogens (tertiary/aromatic N) is 7. The Bertz CT molecular complexity index is 1730. The fourth-order valence-corrected chi connectivity index (χ4v) is 6.68. The van der Waals surface area contributed by atoms with Crippen molar-refractivity contribution in [3.8, 4) is 28.5 Å². The Hall–Kier alpha value is -4.09. The minimum absolute atomic E-state index is 0.0228. The van der Waals surface area contributed by atoms with Crippen LogP contribution in [0.25, 0.3) is 44.3 Å². The standard InChI is InChI=1S/C30H28FN7/c1-36-23-6-7-24(36)10-18(9-23)16-38-17-34-30-27(38)15-33-29(20-5-8-26-22(11-20)14-35-37(26)2)28(30)19-3-4-21(13-32)25(31)12-19/h3-5,8,11-12,14-15,17-18,23-24H,6-7,9-10,16H2,1-2H3. The quantitative estimate of drug-likeness (QED) is 0.321. The number of benzene rings is 2. The van der Waals surface area contributed by atoms with Crippen LogP contribution in [0.4, 0.5) is 4.39 Å². The van der Waals surface area contributed by atoms with Crippen molar-refractivity contribution in [2.75, 3.05) is 7.05 Å². The first kappa shape index (κ1) is 23.1. The molecular formula is C30H28FN7. The summed E-state index contributed by atoms with van der Waals surface area (Å²) < 4.78 is 18.9. The summed E-state index contributed by atoms with van der Waals surface area (Å²) in [4.78, 5) is 12.4. The number of rotatable bonds is 4.